The third-order valence-electron chi connectivity index (χ3n) is 3.97. The van der Waals surface area contributed by atoms with Gasteiger partial charge in [-0.25, -0.2) is 0 Å². The molecule has 102 valence electrons. The molecule has 0 saturated heterocycles. The van der Waals surface area contributed by atoms with Gasteiger partial charge < -0.3 is 4.57 Å². The van der Waals surface area contributed by atoms with E-state index in [9.17, 15) is 4.79 Å². The molecule has 21 heavy (non-hydrogen) atoms. The van der Waals surface area contributed by atoms with E-state index in [1.165, 1.54) is 0 Å². The first-order valence-electron chi connectivity index (χ1n) is 6.92. The van der Waals surface area contributed by atoms with Crippen molar-refractivity contribution in [1.29, 1.82) is 0 Å². The fraction of sp³-hybridized carbons (Fsp3) is 0.0556. The molecule has 0 bridgehead atoms. The van der Waals surface area contributed by atoms with Crippen LogP contribution in [0.2, 0.25) is 0 Å². The molecule has 0 aliphatic rings. The Kier molecular flexibility index (Phi) is 2.48. The van der Waals surface area contributed by atoms with Crippen molar-refractivity contribution in [2.24, 2.45) is 7.05 Å². The van der Waals surface area contributed by atoms with E-state index in [0.717, 1.165) is 27.6 Å². The summed E-state index contributed by atoms with van der Waals surface area (Å²) in [6.07, 6.45) is 0. The number of hydrogen-bond donors (Lipinski definition) is 0. The summed E-state index contributed by atoms with van der Waals surface area (Å²) < 4.78 is 3.92. The minimum absolute atomic E-state index is 0.00921. The Balaban J connectivity index is 2.28. The molecular weight excluding hydrogens is 260 g/mol. The van der Waals surface area contributed by atoms with E-state index in [1.54, 1.807) is 10.6 Å². The minimum Gasteiger partial charge on any atom is -0.342 e. The fourth-order valence-electron chi connectivity index (χ4n) is 2.99. The van der Waals surface area contributed by atoms with E-state index >= 15 is 0 Å². The first kappa shape index (κ1) is 12.0. The summed E-state index contributed by atoms with van der Waals surface area (Å²) in [6, 6.07) is 21.5. The van der Waals surface area contributed by atoms with Gasteiger partial charge in [0, 0.05) is 24.2 Å². The third-order valence-corrected chi connectivity index (χ3v) is 3.97. The molecule has 3 heteroatoms. The monoisotopic (exact) mass is 274 g/mol. The SMILES string of the molecule is Cn1c2ccccc2c2c1ccc(=O)n2-c1ccccc1. The Hall–Kier alpha value is -2.81. The van der Waals surface area contributed by atoms with Crippen molar-refractivity contribution in [3.63, 3.8) is 0 Å². The maximum absolute atomic E-state index is 12.4. The highest BCUT2D eigenvalue weighted by molar-refractivity contribution is 6.06. The number of fused-ring (bicyclic) bond motifs is 3. The average Bonchev–Trinajstić information content (AvgIpc) is 2.82. The number of benzene rings is 2. The molecule has 0 saturated carbocycles. The van der Waals surface area contributed by atoms with Crippen molar-refractivity contribution in [3.05, 3.63) is 77.1 Å². The molecule has 0 aliphatic heterocycles. The van der Waals surface area contributed by atoms with Crippen LogP contribution in [-0.2, 0) is 7.05 Å². The minimum atomic E-state index is -0.00921. The average molecular weight is 274 g/mol. The molecule has 0 atom stereocenters. The van der Waals surface area contributed by atoms with Gasteiger partial charge in [-0.3, -0.25) is 9.36 Å². The molecule has 0 spiro atoms. The van der Waals surface area contributed by atoms with E-state index in [1.807, 2.05) is 55.6 Å². The molecule has 2 aromatic heterocycles. The second-order valence-electron chi connectivity index (χ2n) is 5.15. The van der Waals surface area contributed by atoms with Crippen molar-refractivity contribution in [1.82, 2.24) is 9.13 Å². The second-order valence-corrected chi connectivity index (χ2v) is 5.15. The van der Waals surface area contributed by atoms with Crippen LogP contribution in [0.15, 0.2) is 71.5 Å². The maximum Gasteiger partial charge on any atom is 0.255 e. The Morgan fingerprint density at radius 1 is 0.762 bits per heavy atom. The summed E-state index contributed by atoms with van der Waals surface area (Å²) in [6.45, 7) is 0. The van der Waals surface area contributed by atoms with E-state index in [2.05, 4.69) is 16.7 Å². The topological polar surface area (TPSA) is 26.9 Å². The number of aromatic nitrogens is 2. The van der Waals surface area contributed by atoms with E-state index in [-0.39, 0.29) is 5.56 Å². The van der Waals surface area contributed by atoms with E-state index in [0.29, 0.717) is 0 Å². The lowest BCUT2D eigenvalue weighted by Crippen LogP contribution is -2.17. The summed E-state index contributed by atoms with van der Waals surface area (Å²) in [5, 5.41) is 1.09. The predicted octanol–water partition coefficient (Wildman–Crippen LogP) is 3.48. The van der Waals surface area contributed by atoms with Crippen LogP contribution in [0, 0.1) is 0 Å². The van der Waals surface area contributed by atoms with Crippen molar-refractivity contribution < 1.29 is 0 Å². The first-order valence-corrected chi connectivity index (χ1v) is 6.92. The van der Waals surface area contributed by atoms with Crippen LogP contribution in [0.3, 0.4) is 0 Å². The van der Waals surface area contributed by atoms with Crippen LogP contribution in [0.25, 0.3) is 27.6 Å². The van der Waals surface area contributed by atoms with Gasteiger partial charge in [-0.15, -0.1) is 0 Å². The molecule has 0 fully saturated rings. The third kappa shape index (κ3) is 1.64. The molecule has 0 aliphatic carbocycles. The van der Waals surface area contributed by atoms with Gasteiger partial charge in [0.25, 0.3) is 5.56 Å². The molecule has 4 rings (SSSR count). The van der Waals surface area contributed by atoms with Crippen LogP contribution in [0.1, 0.15) is 0 Å². The van der Waals surface area contributed by atoms with Crippen molar-refractivity contribution in [3.8, 4) is 5.69 Å². The molecule has 4 aromatic rings. The summed E-state index contributed by atoms with van der Waals surface area (Å²) in [5.74, 6) is 0. The number of para-hydroxylation sites is 2. The summed E-state index contributed by atoms with van der Waals surface area (Å²) in [5.41, 5.74) is 4.03. The summed E-state index contributed by atoms with van der Waals surface area (Å²) in [7, 11) is 2.03. The molecule has 2 heterocycles. The Bertz CT molecular complexity index is 1010. The molecule has 2 aromatic carbocycles. The number of pyridine rings is 1. The largest absolute Gasteiger partial charge is 0.342 e. The predicted molar refractivity (Wildman–Crippen MR) is 86.0 cm³/mol. The Labute approximate surface area is 121 Å². The second kappa shape index (κ2) is 4.35. The van der Waals surface area contributed by atoms with Crippen LogP contribution < -0.4 is 5.56 Å². The normalized spacial score (nSPS) is 11.3. The highest BCUT2D eigenvalue weighted by Gasteiger charge is 2.13. The molecule has 0 radical (unpaired) electrons. The molecule has 0 unspecified atom stereocenters. The standard InChI is InChI=1S/C18H14N2O/c1-19-15-10-6-5-9-14(15)18-16(19)11-12-17(21)20(18)13-7-3-2-4-8-13/h2-12H,1H3. The van der Waals surface area contributed by atoms with Gasteiger partial charge in [0.15, 0.2) is 0 Å². The lowest BCUT2D eigenvalue weighted by Gasteiger charge is -2.08. The Morgan fingerprint density at radius 3 is 2.29 bits per heavy atom. The van der Waals surface area contributed by atoms with E-state index in [4.69, 9.17) is 0 Å². The zero-order valence-corrected chi connectivity index (χ0v) is 11.7. The van der Waals surface area contributed by atoms with Crippen LogP contribution in [0.5, 0.6) is 0 Å². The lowest BCUT2D eigenvalue weighted by molar-refractivity contribution is 0.995. The number of hydrogen-bond acceptors (Lipinski definition) is 1. The lowest BCUT2D eigenvalue weighted by atomic mass is 10.2. The van der Waals surface area contributed by atoms with Gasteiger partial charge in [0.1, 0.15) is 0 Å². The van der Waals surface area contributed by atoms with Gasteiger partial charge in [-0.1, -0.05) is 36.4 Å². The van der Waals surface area contributed by atoms with Gasteiger partial charge in [0.2, 0.25) is 0 Å². The molecule has 3 nitrogen and oxygen atoms in total. The highest BCUT2D eigenvalue weighted by atomic mass is 16.1. The molecular formula is C18H14N2O. The first-order chi connectivity index (χ1) is 10.3. The van der Waals surface area contributed by atoms with Crippen LogP contribution in [-0.4, -0.2) is 9.13 Å². The maximum atomic E-state index is 12.4. The zero-order chi connectivity index (χ0) is 14.4. The van der Waals surface area contributed by atoms with Gasteiger partial charge in [-0.05, 0) is 24.3 Å². The van der Waals surface area contributed by atoms with Crippen molar-refractivity contribution in [2.45, 2.75) is 0 Å². The fourth-order valence-corrected chi connectivity index (χ4v) is 2.99. The smallest absolute Gasteiger partial charge is 0.255 e. The van der Waals surface area contributed by atoms with Crippen molar-refractivity contribution >= 4 is 21.9 Å². The summed E-state index contributed by atoms with van der Waals surface area (Å²) >= 11 is 0. The number of nitrogens with zero attached hydrogens (tertiary/aromatic N) is 2. The number of aryl methyl sites for hydroxylation is 1. The highest BCUT2D eigenvalue weighted by Crippen LogP contribution is 2.28. The molecule has 0 N–H and O–H groups in total. The Morgan fingerprint density at radius 2 is 1.48 bits per heavy atom. The van der Waals surface area contributed by atoms with E-state index < -0.39 is 0 Å². The van der Waals surface area contributed by atoms with Gasteiger partial charge in [-0.2, -0.15) is 0 Å². The quantitative estimate of drug-likeness (QED) is 0.522. The zero-order valence-electron chi connectivity index (χ0n) is 11.7. The van der Waals surface area contributed by atoms with Crippen LogP contribution >= 0.6 is 0 Å². The van der Waals surface area contributed by atoms with Crippen molar-refractivity contribution in [2.75, 3.05) is 0 Å². The summed E-state index contributed by atoms with van der Waals surface area (Å²) in [4.78, 5) is 12.4. The van der Waals surface area contributed by atoms with Gasteiger partial charge >= 0.3 is 0 Å². The molecule has 0 amide bonds. The van der Waals surface area contributed by atoms with Gasteiger partial charge in [0.05, 0.1) is 16.6 Å². The van der Waals surface area contributed by atoms with Crippen LogP contribution in [0.4, 0.5) is 0 Å². The number of rotatable bonds is 1.